The number of benzene rings is 1. The van der Waals surface area contributed by atoms with Gasteiger partial charge in [-0.1, -0.05) is 68.8 Å². The molecule has 3 aromatic heterocycles. The third-order valence-corrected chi connectivity index (χ3v) is 6.25. The van der Waals surface area contributed by atoms with Gasteiger partial charge in [0.2, 0.25) is 0 Å². The zero-order valence-corrected chi connectivity index (χ0v) is 19.9. The molecule has 1 aromatic carbocycles. The minimum absolute atomic E-state index is 0.0257. The molecule has 4 rings (SSSR count). The minimum Gasteiger partial charge on any atom is -0.321 e. The number of carbonyl (C=O) groups is 1. The Bertz CT molecular complexity index is 1460. The molecule has 34 heavy (non-hydrogen) atoms. The Morgan fingerprint density at radius 3 is 2.59 bits per heavy atom. The van der Waals surface area contributed by atoms with E-state index < -0.39 is 5.91 Å². The van der Waals surface area contributed by atoms with Gasteiger partial charge in [-0.15, -0.1) is 0 Å². The quantitative estimate of drug-likeness (QED) is 0.250. The number of para-hydroxylation sites is 1. The molecule has 0 aliphatic heterocycles. The molecule has 176 valence electrons. The second-order valence-electron chi connectivity index (χ2n) is 8.34. The molecule has 3 heterocycles. The number of nitrogens with zero attached hydrogens (tertiary/aromatic N) is 3. The average molecular weight is 478 g/mol. The van der Waals surface area contributed by atoms with Crippen LogP contribution in [-0.4, -0.2) is 19.9 Å². The van der Waals surface area contributed by atoms with Crippen LogP contribution in [0.25, 0.3) is 16.7 Å². The van der Waals surface area contributed by atoms with Gasteiger partial charge in [0.15, 0.2) is 0 Å². The van der Waals surface area contributed by atoms with Crippen molar-refractivity contribution in [3.63, 3.8) is 0 Å². The summed E-state index contributed by atoms with van der Waals surface area (Å²) >= 11 is 6.20. The Morgan fingerprint density at radius 2 is 1.79 bits per heavy atom. The van der Waals surface area contributed by atoms with E-state index in [1.165, 1.54) is 29.7 Å². The summed E-state index contributed by atoms with van der Waals surface area (Å²) in [6.45, 7) is 2.69. The second-order valence-corrected chi connectivity index (χ2v) is 8.75. The van der Waals surface area contributed by atoms with Crippen LogP contribution in [0.1, 0.15) is 55.8 Å². The van der Waals surface area contributed by atoms with Gasteiger partial charge in [0, 0.05) is 12.7 Å². The lowest BCUT2D eigenvalue weighted by molar-refractivity contribution is 0.102. The molecule has 2 N–H and O–H groups in total. The molecule has 0 saturated heterocycles. The molecule has 0 unspecified atom stereocenters. The van der Waals surface area contributed by atoms with E-state index >= 15 is 0 Å². The smallest absolute Gasteiger partial charge is 0.267 e. The van der Waals surface area contributed by atoms with E-state index in [4.69, 9.17) is 17.0 Å². The number of pyridine rings is 2. The van der Waals surface area contributed by atoms with Crippen molar-refractivity contribution >= 4 is 39.9 Å². The monoisotopic (exact) mass is 477 g/mol. The van der Waals surface area contributed by atoms with Crippen LogP contribution in [0, 0.1) is 5.41 Å². The van der Waals surface area contributed by atoms with Gasteiger partial charge in [0.05, 0.1) is 21.7 Å². The Labute approximate surface area is 202 Å². The van der Waals surface area contributed by atoms with Crippen molar-refractivity contribution in [3.05, 3.63) is 81.2 Å². The van der Waals surface area contributed by atoms with Gasteiger partial charge in [-0.25, -0.2) is 4.98 Å². The fourth-order valence-electron chi connectivity index (χ4n) is 4.08. The van der Waals surface area contributed by atoms with Crippen LogP contribution < -0.4 is 16.4 Å². The third kappa shape index (κ3) is 4.89. The number of nitrogens with one attached hydrogen (secondary N) is 2. The number of hydrogen-bond donors (Lipinski definition) is 2. The number of halogens is 1. The Kier molecular flexibility index (Phi) is 7.43. The molecular weight excluding hydrogens is 450 g/mol. The molecule has 0 bridgehead atoms. The van der Waals surface area contributed by atoms with E-state index in [-0.39, 0.29) is 16.6 Å². The molecule has 0 aliphatic rings. The molecule has 0 aliphatic carbocycles. The average Bonchev–Trinajstić information content (AvgIpc) is 2.84. The number of unbranched alkanes of at least 4 members (excludes halogenated alkanes) is 5. The van der Waals surface area contributed by atoms with Crippen LogP contribution in [-0.2, 0) is 6.54 Å². The van der Waals surface area contributed by atoms with Crippen molar-refractivity contribution in [2.75, 3.05) is 5.32 Å². The molecule has 0 radical (unpaired) electrons. The van der Waals surface area contributed by atoms with Gasteiger partial charge in [-0.05, 0) is 36.8 Å². The lowest BCUT2D eigenvalue weighted by Gasteiger charge is -2.15. The summed E-state index contributed by atoms with van der Waals surface area (Å²) in [5, 5.41) is 12.3. The number of aryl methyl sites for hydroxylation is 1. The predicted molar refractivity (Wildman–Crippen MR) is 136 cm³/mol. The first-order chi connectivity index (χ1) is 16.5. The summed E-state index contributed by atoms with van der Waals surface area (Å²) in [4.78, 5) is 31.1. The van der Waals surface area contributed by atoms with Gasteiger partial charge >= 0.3 is 0 Å². The van der Waals surface area contributed by atoms with Crippen molar-refractivity contribution < 1.29 is 4.79 Å². The summed E-state index contributed by atoms with van der Waals surface area (Å²) in [7, 11) is 0. The normalized spacial score (nSPS) is 11.2. The highest BCUT2D eigenvalue weighted by Gasteiger charge is 2.18. The van der Waals surface area contributed by atoms with Crippen molar-refractivity contribution in [2.45, 2.75) is 52.0 Å². The number of hydrogen-bond acceptors (Lipinski definition) is 4. The summed E-state index contributed by atoms with van der Waals surface area (Å²) < 4.78 is 3.14. The minimum atomic E-state index is -0.491. The molecule has 4 aromatic rings. The molecular formula is C26H28ClN5O2. The van der Waals surface area contributed by atoms with Crippen molar-refractivity contribution in [2.24, 2.45) is 0 Å². The fourth-order valence-corrected chi connectivity index (χ4v) is 4.26. The second kappa shape index (κ2) is 10.7. The standard InChI is InChI=1S/C26H28ClN5O2/c1-2-3-4-5-6-10-16-32-23(28)18(25(33)29-21-13-8-7-12-20(21)27)17-19-24(32)30-22-14-9-11-15-31(22)26(19)34/h7-9,11-15,17,28H,2-6,10,16H2,1H3,(H,29,33). The van der Waals surface area contributed by atoms with Gasteiger partial charge in [-0.3, -0.25) is 19.4 Å². The van der Waals surface area contributed by atoms with Crippen LogP contribution in [0.2, 0.25) is 5.02 Å². The Hall–Kier alpha value is -3.45. The lowest BCUT2D eigenvalue weighted by atomic mass is 10.1. The zero-order valence-electron chi connectivity index (χ0n) is 19.2. The predicted octanol–water partition coefficient (Wildman–Crippen LogP) is 5.39. The van der Waals surface area contributed by atoms with Crippen LogP contribution in [0.5, 0.6) is 0 Å². The number of rotatable bonds is 9. The highest BCUT2D eigenvalue weighted by molar-refractivity contribution is 6.33. The van der Waals surface area contributed by atoms with Gasteiger partial charge in [0.1, 0.15) is 16.8 Å². The van der Waals surface area contributed by atoms with E-state index in [2.05, 4.69) is 17.2 Å². The van der Waals surface area contributed by atoms with E-state index in [1.54, 1.807) is 47.2 Å². The van der Waals surface area contributed by atoms with E-state index in [0.717, 1.165) is 19.3 Å². The van der Waals surface area contributed by atoms with Gasteiger partial charge in [0.25, 0.3) is 11.5 Å². The highest BCUT2D eigenvalue weighted by atomic mass is 35.5. The number of anilines is 1. The maximum absolute atomic E-state index is 13.3. The van der Waals surface area contributed by atoms with Crippen LogP contribution in [0.3, 0.4) is 0 Å². The third-order valence-electron chi connectivity index (χ3n) is 5.92. The van der Waals surface area contributed by atoms with Crippen LogP contribution >= 0.6 is 11.6 Å². The summed E-state index contributed by atoms with van der Waals surface area (Å²) in [6.07, 6.45) is 8.19. The number of carbonyl (C=O) groups excluding carboxylic acids is 1. The molecule has 8 heteroatoms. The number of aromatic nitrogens is 3. The largest absolute Gasteiger partial charge is 0.321 e. The Morgan fingerprint density at radius 1 is 1.06 bits per heavy atom. The number of fused-ring (bicyclic) bond motifs is 2. The maximum Gasteiger partial charge on any atom is 0.267 e. The van der Waals surface area contributed by atoms with Gasteiger partial charge in [-0.2, -0.15) is 0 Å². The SMILES string of the molecule is CCCCCCCCn1c(=N)c(C(=O)Nc2ccccc2Cl)cc2c(=O)n3ccccc3nc21. The first kappa shape index (κ1) is 23.7. The molecule has 0 atom stereocenters. The van der Waals surface area contributed by atoms with Gasteiger partial charge < -0.3 is 9.88 Å². The first-order valence-corrected chi connectivity index (χ1v) is 12.0. The molecule has 7 nitrogen and oxygen atoms in total. The van der Waals surface area contributed by atoms with Crippen LogP contribution in [0.4, 0.5) is 5.69 Å². The lowest BCUT2D eigenvalue weighted by Crippen LogP contribution is -2.32. The van der Waals surface area contributed by atoms with E-state index in [9.17, 15) is 9.59 Å². The van der Waals surface area contributed by atoms with Crippen LogP contribution in [0.15, 0.2) is 59.5 Å². The molecule has 1 amide bonds. The summed E-state index contributed by atoms with van der Waals surface area (Å²) in [5.41, 5.74) is 1.23. The van der Waals surface area contributed by atoms with E-state index in [1.807, 2.05) is 6.07 Å². The number of amides is 1. The van der Waals surface area contributed by atoms with Crippen molar-refractivity contribution in [1.82, 2.24) is 14.0 Å². The highest BCUT2D eigenvalue weighted by Crippen LogP contribution is 2.21. The summed E-state index contributed by atoms with van der Waals surface area (Å²) in [6, 6.07) is 13.7. The molecule has 0 fully saturated rings. The first-order valence-electron chi connectivity index (χ1n) is 11.7. The fraction of sp³-hybridized carbons (Fsp3) is 0.308. The maximum atomic E-state index is 13.3. The van der Waals surface area contributed by atoms with Crippen molar-refractivity contribution in [3.8, 4) is 0 Å². The molecule has 0 saturated carbocycles. The van der Waals surface area contributed by atoms with Crippen molar-refractivity contribution in [1.29, 1.82) is 5.41 Å². The Balaban J connectivity index is 1.78. The molecule has 0 spiro atoms. The zero-order chi connectivity index (χ0) is 24.1. The summed E-state index contributed by atoms with van der Waals surface area (Å²) in [5.74, 6) is -0.491. The topological polar surface area (TPSA) is 92.2 Å². The van der Waals surface area contributed by atoms with E-state index in [0.29, 0.717) is 33.9 Å².